The number of anilines is 1. The molecule has 2 heterocycles. The molecule has 2 aromatic carbocycles. The minimum absolute atomic E-state index is 0.00906. The van der Waals surface area contributed by atoms with E-state index < -0.39 is 26.6 Å². The molecule has 1 aliphatic carbocycles. The summed E-state index contributed by atoms with van der Waals surface area (Å²) in [6, 6.07) is 9.69. The van der Waals surface area contributed by atoms with Crippen LogP contribution in [0.2, 0.25) is 10.0 Å². The molecule has 1 amide bonds. The highest BCUT2D eigenvalue weighted by Crippen LogP contribution is 2.41. The van der Waals surface area contributed by atoms with Crippen LogP contribution in [0.3, 0.4) is 0 Å². The maximum absolute atomic E-state index is 15.0. The summed E-state index contributed by atoms with van der Waals surface area (Å²) in [4.78, 5) is 19.6. The molecule has 5 rings (SSSR count). The predicted molar refractivity (Wildman–Crippen MR) is 137 cm³/mol. The molecular formula is C25H21Cl2FN4O3S. The van der Waals surface area contributed by atoms with Crippen molar-refractivity contribution >= 4 is 55.7 Å². The van der Waals surface area contributed by atoms with E-state index in [-0.39, 0.29) is 23.2 Å². The third-order valence-electron chi connectivity index (χ3n) is 6.10. The minimum Gasteiger partial charge on any atom is -0.358 e. The Bertz CT molecular complexity index is 1600. The summed E-state index contributed by atoms with van der Waals surface area (Å²) in [6.45, 7) is 1.94. The lowest BCUT2D eigenvalue weighted by atomic mass is 10.1. The Kier molecular flexibility index (Phi) is 6.40. The van der Waals surface area contributed by atoms with E-state index in [2.05, 4.69) is 20.0 Å². The van der Waals surface area contributed by atoms with Crippen molar-refractivity contribution in [1.29, 1.82) is 0 Å². The smallest absolute Gasteiger partial charge is 0.264 e. The third kappa shape index (κ3) is 4.78. The Morgan fingerprint density at radius 1 is 1.14 bits per heavy atom. The monoisotopic (exact) mass is 546 g/mol. The van der Waals surface area contributed by atoms with Gasteiger partial charge in [-0.1, -0.05) is 23.2 Å². The van der Waals surface area contributed by atoms with Crippen molar-refractivity contribution in [3.05, 3.63) is 87.5 Å². The number of nitrogens with zero attached hydrogens (tertiary/aromatic N) is 1. The number of hydrogen-bond donors (Lipinski definition) is 3. The van der Waals surface area contributed by atoms with Crippen LogP contribution in [-0.2, 0) is 10.0 Å². The van der Waals surface area contributed by atoms with Crippen LogP contribution < -0.4 is 10.0 Å². The van der Waals surface area contributed by atoms with E-state index in [0.29, 0.717) is 20.9 Å². The molecule has 1 saturated carbocycles. The summed E-state index contributed by atoms with van der Waals surface area (Å²) >= 11 is 12.3. The Morgan fingerprint density at radius 2 is 1.92 bits per heavy atom. The number of hydrogen-bond acceptors (Lipinski definition) is 4. The number of nitrogens with one attached hydrogen (secondary N) is 3. The quantitative estimate of drug-likeness (QED) is 0.264. The lowest BCUT2D eigenvalue weighted by Gasteiger charge is -2.18. The first kappa shape index (κ1) is 24.5. The standard InChI is InChI=1S/C25H21Cl2FN4O3S/c1-13-8-9-29-20(10-13)23(14-2-3-14)31-25(33)15-4-7-21(18(28)11-15)36(34,35)32-19-6-5-16(26)22-17(27)12-30-24(19)22/h4-12,14,23,30,32H,2-3H2,1H3,(H,31,33)/t23-/m0/s1. The number of aryl methyl sites for hydroxylation is 1. The van der Waals surface area contributed by atoms with Gasteiger partial charge in [0.25, 0.3) is 15.9 Å². The predicted octanol–water partition coefficient (Wildman–Crippen LogP) is 6.00. The second kappa shape index (κ2) is 9.38. The van der Waals surface area contributed by atoms with E-state index in [9.17, 15) is 13.2 Å². The SMILES string of the molecule is Cc1ccnc([C@@H](NC(=O)c2ccc(S(=O)(=O)Nc3ccc(Cl)c4c(Cl)c[nH]c34)c(F)c2)C2CC2)c1. The van der Waals surface area contributed by atoms with E-state index >= 15 is 4.39 Å². The van der Waals surface area contributed by atoms with Crippen molar-refractivity contribution in [3.63, 3.8) is 0 Å². The molecule has 0 bridgehead atoms. The van der Waals surface area contributed by atoms with Crippen LogP contribution in [0, 0.1) is 18.7 Å². The fraction of sp³-hybridized carbons (Fsp3) is 0.200. The maximum atomic E-state index is 15.0. The molecule has 0 saturated heterocycles. The Hall–Kier alpha value is -3.14. The van der Waals surface area contributed by atoms with Crippen LogP contribution in [0.5, 0.6) is 0 Å². The van der Waals surface area contributed by atoms with Gasteiger partial charge in [0.15, 0.2) is 0 Å². The van der Waals surface area contributed by atoms with Crippen molar-refractivity contribution in [3.8, 4) is 0 Å². The van der Waals surface area contributed by atoms with Crippen LogP contribution >= 0.6 is 23.2 Å². The zero-order valence-corrected chi connectivity index (χ0v) is 21.3. The van der Waals surface area contributed by atoms with Gasteiger partial charge in [0.2, 0.25) is 0 Å². The van der Waals surface area contributed by atoms with Gasteiger partial charge in [0, 0.05) is 23.3 Å². The molecule has 186 valence electrons. The van der Waals surface area contributed by atoms with E-state index in [4.69, 9.17) is 23.2 Å². The van der Waals surface area contributed by atoms with Gasteiger partial charge < -0.3 is 10.3 Å². The van der Waals surface area contributed by atoms with E-state index in [0.717, 1.165) is 36.2 Å². The maximum Gasteiger partial charge on any atom is 0.264 e. The molecule has 0 spiro atoms. The number of aromatic nitrogens is 2. The first-order chi connectivity index (χ1) is 17.1. The van der Waals surface area contributed by atoms with Crippen LogP contribution in [0.4, 0.5) is 10.1 Å². The van der Waals surface area contributed by atoms with Crippen LogP contribution in [0.25, 0.3) is 10.9 Å². The number of pyridine rings is 1. The van der Waals surface area contributed by atoms with Gasteiger partial charge in [-0.2, -0.15) is 0 Å². The van der Waals surface area contributed by atoms with Gasteiger partial charge in [-0.05, 0) is 73.7 Å². The van der Waals surface area contributed by atoms with E-state index in [1.165, 1.54) is 24.4 Å². The molecule has 11 heteroatoms. The normalized spacial score (nSPS) is 14.6. The first-order valence-corrected chi connectivity index (χ1v) is 13.4. The summed E-state index contributed by atoms with van der Waals surface area (Å²) in [5.74, 6) is -1.30. The van der Waals surface area contributed by atoms with Crippen molar-refractivity contribution in [2.75, 3.05) is 4.72 Å². The number of fused-ring (bicyclic) bond motifs is 1. The lowest BCUT2D eigenvalue weighted by Crippen LogP contribution is -2.30. The molecule has 0 unspecified atom stereocenters. The van der Waals surface area contributed by atoms with Gasteiger partial charge in [-0.15, -0.1) is 0 Å². The first-order valence-electron chi connectivity index (χ1n) is 11.1. The van der Waals surface area contributed by atoms with Gasteiger partial charge in [0.1, 0.15) is 10.7 Å². The molecule has 1 aliphatic rings. The Balaban J connectivity index is 1.39. The van der Waals surface area contributed by atoms with Crippen molar-refractivity contribution < 1.29 is 17.6 Å². The number of rotatable bonds is 7. The topological polar surface area (TPSA) is 104 Å². The number of carbonyl (C=O) groups excluding carboxylic acids is 1. The van der Waals surface area contributed by atoms with Gasteiger partial charge in [0.05, 0.1) is 33.0 Å². The fourth-order valence-corrected chi connectivity index (χ4v) is 5.82. The van der Waals surface area contributed by atoms with Crippen LogP contribution in [0.1, 0.15) is 40.5 Å². The van der Waals surface area contributed by atoms with E-state index in [1.54, 1.807) is 6.20 Å². The average molecular weight is 547 g/mol. The second-order valence-corrected chi connectivity index (χ2v) is 11.2. The number of halogens is 3. The summed E-state index contributed by atoms with van der Waals surface area (Å²) < 4.78 is 43.4. The molecule has 1 fully saturated rings. The van der Waals surface area contributed by atoms with Gasteiger partial charge >= 0.3 is 0 Å². The van der Waals surface area contributed by atoms with Gasteiger partial charge in [-0.25, -0.2) is 12.8 Å². The highest BCUT2D eigenvalue weighted by atomic mass is 35.5. The van der Waals surface area contributed by atoms with E-state index in [1.807, 2.05) is 19.1 Å². The number of carbonyl (C=O) groups is 1. The molecule has 4 aromatic rings. The van der Waals surface area contributed by atoms with Gasteiger partial charge in [-0.3, -0.25) is 14.5 Å². The molecule has 0 aliphatic heterocycles. The minimum atomic E-state index is -4.33. The Morgan fingerprint density at radius 3 is 2.61 bits per heavy atom. The molecule has 3 N–H and O–H groups in total. The average Bonchev–Trinajstić information content (AvgIpc) is 3.59. The van der Waals surface area contributed by atoms with Crippen molar-refractivity contribution in [1.82, 2.24) is 15.3 Å². The lowest BCUT2D eigenvalue weighted by molar-refractivity contribution is 0.0930. The zero-order chi connectivity index (χ0) is 25.6. The summed E-state index contributed by atoms with van der Waals surface area (Å²) in [5.41, 5.74) is 2.29. The number of H-pyrrole nitrogens is 1. The summed E-state index contributed by atoms with van der Waals surface area (Å²) in [5, 5.41) is 4.03. The summed E-state index contributed by atoms with van der Waals surface area (Å²) in [7, 11) is -4.33. The fourth-order valence-electron chi connectivity index (χ4n) is 4.13. The van der Waals surface area contributed by atoms with Crippen LogP contribution in [0.15, 0.2) is 59.8 Å². The van der Waals surface area contributed by atoms with Crippen LogP contribution in [-0.4, -0.2) is 24.3 Å². The Labute approximate surface area is 217 Å². The number of sulfonamides is 1. The molecule has 2 aromatic heterocycles. The number of aromatic amines is 1. The summed E-state index contributed by atoms with van der Waals surface area (Å²) in [6.07, 6.45) is 5.09. The second-order valence-electron chi connectivity index (χ2n) is 8.78. The highest BCUT2D eigenvalue weighted by molar-refractivity contribution is 7.92. The van der Waals surface area contributed by atoms with Crippen molar-refractivity contribution in [2.24, 2.45) is 5.92 Å². The highest BCUT2D eigenvalue weighted by Gasteiger charge is 2.35. The number of amides is 1. The molecule has 0 radical (unpaired) electrons. The molecule has 1 atom stereocenters. The number of benzene rings is 2. The molecule has 7 nitrogen and oxygen atoms in total. The zero-order valence-electron chi connectivity index (χ0n) is 19.0. The third-order valence-corrected chi connectivity index (χ3v) is 8.11. The molecular weight excluding hydrogens is 526 g/mol. The largest absolute Gasteiger partial charge is 0.358 e. The molecule has 36 heavy (non-hydrogen) atoms. The van der Waals surface area contributed by atoms with Crippen molar-refractivity contribution in [2.45, 2.75) is 30.7 Å².